The fraction of sp³-hybridized carbons (Fsp3) is 0.267. The van der Waals surface area contributed by atoms with E-state index in [1.54, 1.807) is 13.3 Å². The van der Waals surface area contributed by atoms with Crippen LogP contribution in [0, 0.1) is 0 Å². The van der Waals surface area contributed by atoms with Gasteiger partial charge in [-0.3, -0.25) is 4.98 Å². The van der Waals surface area contributed by atoms with Gasteiger partial charge in [0, 0.05) is 25.5 Å². The van der Waals surface area contributed by atoms with Gasteiger partial charge in [0.1, 0.15) is 5.75 Å². The van der Waals surface area contributed by atoms with E-state index in [1.807, 2.05) is 37.4 Å². The van der Waals surface area contributed by atoms with E-state index in [0.29, 0.717) is 5.69 Å². The molecule has 0 atom stereocenters. The lowest BCUT2D eigenvalue weighted by Gasteiger charge is -2.20. The number of pyridine rings is 1. The quantitative estimate of drug-likeness (QED) is 0.893. The highest BCUT2D eigenvalue weighted by atomic mass is 16.5. The molecule has 19 heavy (non-hydrogen) atoms. The number of rotatable bonds is 5. The van der Waals surface area contributed by atoms with Crippen molar-refractivity contribution in [3.63, 3.8) is 0 Å². The number of methoxy groups -OCH3 is 1. The number of ether oxygens (including phenoxy) is 1. The van der Waals surface area contributed by atoms with Crippen LogP contribution in [-0.4, -0.2) is 24.2 Å². The van der Waals surface area contributed by atoms with Gasteiger partial charge in [0.2, 0.25) is 0 Å². The minimum Gasteiger partial charge on any atom is -0.497 e. The number of nitrogens with zero attached hydrogens (tertiary/aromatic N) is 2. The highest BCUT2D eigenvalue weighted by Crippen LogP contribution is 2.18. The van der Waals surface area contributed by atoms with Crippen LogP contribution in [0.15, 0.2) is 42.6 Å². The Morgan fingerprint density at radius 1 is 1.26 bits per heavy atom. The monoisotopic (exact) mass is 258 g/mol. The third kappa shape index (κ3) is 3.45. The van der Waals surface area contributed by atoms with Crippen molar-refractivity contribution in [2.45, 2.75) is 13.2 Å². The molecule has 0 radical (unpaired) electrons. The molecule has 4 heteroatoms. The summed E-state index contributed by atoms with van der Waals surface area (Å²) in [5.41, 5.74) is 2.88. The van der Waals surface area contributed by atoms with Crippen molar-refractivity contribution in [3.05, 3.63) is 53.9 Å². The van der Waals surface area contributed by atoms with Crippen LogP contribution in [0.25, 0.3) is 0 Å². The second-order valence-corrected chi connectivity index (χ2v) is 4.37. The molecule has 0 spiro atoms. The van der Waals surface area contributed by atoms with Crippen molar-refractivity contribution in [2.24, 2.45) is 0 Å². The summed E-state index contributed by atoms with van der Waals surface area (Å²) in [6.45, 7) is 0.729. The molecule has 1 aromatic heterocycles. The Bertz CT molecular complexity index is 543. The van der Waals surface area contributed by atoms with Crippen molar-refractivity contribution >= 4 is 5.69 Å². The summed E-state index contributed by atoms with van der Waals surface area (Å²) in [5.74, 6) is 0.858. The van der Waals surface area contributed by atoms with Gasteiger partial charge in [-0.05, 0) is 29.8 Å². The minimum absolute atomic E-state index is 0.0408. The summed E-state index contributed by atoms with van der Waals surface area (Å²) in [6, 6.07) is 11.8. The maximum Gasteiger partial charge on any atom is 0.119 e. The SMILES string of the molecule is COc1cccc(CN(C)c2ccnc(CO)c2)c1. The zero-order valence-corrected chi connectivity index (χ0v) is 11.2. The molecule has 1 heterocycles. The number of benzene rings is 1. The number of aliphatic hydroxyl groups excluding tert-OH is 1. The van der Waals surface area contributed by atoms with Gasteiger partial charge >= 0.3 is 0 Å². The molecular weight excluding hydrogens is 240 g/mol. The molecular formula is C15H18N2O2. The lowest BCUT2D eigenvalue weighted by atomic mass is 10.2. The standard InChI is InChI=1S/C15H18N2O2/c1-17(14-6-7-16-13(9-14)11-18)10-12-4-3-5-15(8-12)19-2/h3-9,18H,10-11H2,1-2H3. The molecule has 2 aromatic rings. The van der Waals surface area contributed by atoms with Gasteiger partial charge in [-0.25, -0.2) is 0 Å². The molecule has 100 valence electrons. The number of hydrogen-bond donors (Lipinski definition) is 1. The molecule has 2 rings (SSSR count). The Labute approximate surface area is 113 Å². The van der Waals surface area contributed by atoms with Crippen LogP contribution in [0.5, 0.6) is 5.75 Å². The van der Waals surface area contributed by atoms with E-state index in [0.717, 1.165) is 18.0 Å². The molecule has 0 saturated heterocycles. The van der Waals surface area contributed by atoms with Gasteiger partial charge in [-0.1, -0.05) is 12.1 Å². The summed E-state index contributed by atoms with van der Waals surface area (Å²) in [7, 11) is 3.68. The average Bonchev–Trinajstić information content (AvgIpc) is 2.47. The van der Waals surface area contributed by atoms with Crippen LogP contribution >= 0.6 is 0 Å². The van der Waals surface area contributed by atoms with Gasteiger partial charge < -0.3 is 14.7 Å². The topological polar surface area (TPSA) is 45.6 Å². The van der Waals surface area contributed by atoms with Crippen LogP contribution in [0.3, 0.4) is 0 Å². The second-order valence-electron chi connectivity index (χ2n) is 4.37. The lowest BCUT2D eigenvalue weighted by Crippen LogP contribution is -2.16. The highest BCUT2D eigenvalue weighted by molar-refractivity contribution is 5.46. The van der Waals surface area contributed by atoms with Crippen molar-refractivity contribution < 1.29 is 9.84 Å². The third-order valence-corrected chi connectivity index (χ3v) is 2.96. The molecule has 1 aromatic carbocycles. The number of aromatic nitrogens is 1. The van der Waals surface area contributed by atoms with Gasteiger partial charge in [0.05, 0.1) is 19.4 Å². The van der Waals surface area contributed by atoms with Crippen molar-refractivity contribution in [1.29, 1.82) is 0 Å². The molecule has 0 unspecified atom stereocenters. The van der Waals surface area contributed by atoms with Crippen molar-refractivity contribution in [2.75, 3.05) is 19.1 Å². The molecule has 0 aliphatic heterocycles. The second kappa shape index (κ2) is 6.20. The predicted molar refractivity (Wildman–Crippen MR) is 75.3 cm³/mol. The first-order valence-corrected chi connectivity index (χ1v) is 6.13. The normalized spacial score (nSPS) is 10.3. The maximum absolute atomic E-state index is 9.10. The summed E-state index contributed by atoms with van der Waals surface area (Å²) in [5, 5.41) is 9.10. The van der Waals surface area contributed by atoms with Gasteiger partial charge in [-0.15, -0.1) is 0 Å². The smallest absolute Gasteiger partial charge is 0.119 e. The molecule has 0 amide bonds. The summed E-state index contributed by atoms with van der Waals surface area (Å²) in [6.07, 6.45) is 1.71. The van der Waals surface area contributed by atoms with E-state index in [2.05, 4.69) is 16.0 Å². The molecule has 0 bridgehead atoms. The van der Waals surface area contributed by atoms with E-state index >= 15 is 0 Å². The largest absolute Gasteiger partial charge is 0.497 e. The minimum atomic E-state index is -0.0408. The third-order valence-electron chi connectivity index (χ3n) is 2.96. The molecule has 0 aliphatic carbocycles. The van der Waals surface area contributed by atoms with E-state index in [9.17, 15) is 0 Å². The first-order valence-electron chi connectivity index (χ1n) is 6.13. The van der Waals surface area contributed by atoms with Crippen molar-refractivity contribution in [3.8, 4) is 5.75 Å². The highest BCUT2D eigenvalue weighted by Gasteiger charge is 2.04. The van der Waals surface area contributed by atoms with Crippen molar-refractivity contribution in [1.82, 2.24) is 4.98 Å². The maximum atomic E-state index is 9.10. The molecule has 0 aliphatic rings. The Morgan fingerprint density at radius 3 is 2.84 bits per heavy atom. The van der Waals surface area contributed by atoms with E-state index in [1.165, 1.54) is 5.56 Å². The number of anilines is 1. The van der Waals surface area contributed by atoms with E-state index in [-0.39, 0.29) is 6.61 Å². The predicted octanol–water partition coefficient (Wildman–Crippen LogP) is 2.22. The zero-order chi connectivity index (χ0) is 13.7. The number of aliphatic hydroxyl groups is 1. The molecule has 0 fully saturated rings. The van der Waals surface area contributed by atoms with Crippen LogP contribution in [0.1, 0.15) is 11.3 Å². The van der Waals surface area contributed by atoms with E-state index in [4.69, 9.17) is 9.84 Å². The fourth-order valence-electron chi connectivity index (χ4n) is 1.93. The van der Waals surface area contributed by atoms with Crippen LogP contribution in [0.2, 0.25) is 0 Å². The molecule has 1 N–H and O–H groups in total. The van der Waals surface area contributed by atoms with Crippen LogP contribution in [0.4, 0.5) is 5.69 Å². The Balaban J connectivity index is 2.13. The Morgan fingerprint density at radius 2 is 2.11 bits per heavy atom. The van der Waals surface area contributed by atoms with E-state index < -0.39 is 0 Å². The van der Waals surface area contributed by atoms with Gasteiger partial charge in [0.25, 0.3) is 0 Å². The fourth-order valence-corrected chi connectivity index (χ4v) is 1.93. The molecule has 0 saturated carbocycles. The summed E-state index contributed by atoms with van der Waals surface area (Å²) < 4.78 is 5.22. The first kappa shape index (κ1) is 13.4. The van der Waals surface area contributed by atoms with Crippen LogP contribution in [-0.2, 0) is 13.2 Å². The van der Waals surface area contributed by atoms with Gasteiger partial charge in [-0.2, -0.15) is 0 Å². The first-order chi connectivity index (χ1) is 9.22. The Kier molecular flexibility index (Phi) is 4.36. The average molecular weight is 258 g/mol. The van der Waals surface area contributed by atoms with Crippen LogP contribution < -0.4 is 9.64 Å². The Hall–Kier alpha value is -2.07. The molecule has 4 nitrogen and oxygen atoms in total. The number of hydrogen-bond acceptors (Lipinski definition) is 4. The van der Waals surface area contributed by atoms with Gasteiger partial charge in [0.15, 0.2) is 0 Å². The summed E-state index contributed by atoms with van der Waals surface area (Å²) in [4.78, 5) is 6.18. The lowest BCUT2D eigenvalue weighted by molar-refractivity contribution is 0.277. The summed E-state index contributed by atoms with van der Waals surface area (Å²) >= 11 is 0. The zero-order valence-electron chi connectivity index (χ0n) is 11.2.